The number of hydrogen-bond donors (Lipinski definition) is 1. The first-order chi connectivity index (χ1) is 10.2. The van der Waals surface area contributed by atoms with Crippen molar-refractivity contribution in [1.82, 2.24) is 20.3 Å². The van der Waals surface area contributed by atoms with Gasteiger partial charge >= 0.3 is 5.97 Å². The van der Waals surface area contributed by atoms with Crippen molar-refractivity contribution >= 4 is 33.2 Å². The van der Waals surface area contributed by atoms with Gasteiger partial charge in [0.05, 0.1) is 29.2 Å². The van der Waals surface area contributed by atoms with E-state index < -0.39 is 5.97 Å². The number of rotatable bonds is 4. The Morgan fingerprint density at radius 1 is 1.62 bits per heavy atom. The maximum absolute atomic E-state index is 11.9. The Morgan fingerprint density at radius 2 is 2.48 bits per heavy atom. The minimum atomic E-state index is -0.433. The molecule has 1 atom stereocenters. The molecule has 0 aliphatic carbocycles. The van der Waals surface area contributed by atoms with Gasteiger partial charge in [-0.1, -0.05) is 5.21 Å². The van der Waals surface area contributed by atoms with E-state index in [-0.39, 0.29) is 6.04 Å². The van der Waals surface area contributed by atoms with Crippen LogP contribution >= 0.6 is 27.3 Å². The fourth-order valence-corrected chi connectivity index (χ4v) is 3.99. The maximum Gasteiger partial charge on any atom is 0.360 e. The first-order valence-corrected chi connectivity index (χ1v) is 8.29. The van der Waals surface area contributed by atoms with Crippen LogP contribution in [0.4, 0.5) is 0 Å². The molecule has 8 heteroatoms. The van der Waals surface area contributed by atoms with Crippen LogP contribution in [0, 0.1) is 0 Å². The molecule has 0 amide bonds. The number of ether oxygens (including phenoxy) is 1. The summed E-state index contributed by atoms with van der Waals surface area (Å²) in [6.45, 7) is 1.55. The van der Waals surface area contributed by atoms with Crippen molar-refractivity contribution in [3.05, 3.63) is 32.2 Å². The Kier molecular flexibility index (Phi) is 4.37. The van der Waals surface area contributed by atoms with Crippen LogP contribution in [0.3, 0.4) is 0 Å². The number of thiophene rings is 1. The molecular formula is C13H15BrN4O2S. The van der Waals surface area contributed by atoms with Crippen molar-refractivity contribution in [2.75, 3.05) is 13.7 Å². The summed E-state index contributed by atoms with van der Waals surface area (Å²) in [4.78, 5) is 13.0. The quantitative estimate of drug-likeness (QED) is 0.836. The summed E-state index contributed by atoms with van der Waals surface area (Å²) in [6, 6.07) is 4.16. The lowest BCUT2D eigenvalue weighted by molar-refractivity contribution is 0.0591. The van der Waals surface area contributed by atoms with E-state index in [1.54, 1.807) is 16.0 Å². The van der Waals surface area contributed by atoms with E-state index in [4.69, 9.17) is 4.74 Å². The SMILES string of the molecule is COC(=O)c1nnn(Cc2ccc(Br)s2)c1C1CCCN1. The van der Waals surface area contributed by atoms with Crippen molar-refractivity contribution in [2.45, 2.75) is 25.4 Å². The molecule has 2 aromatic heterocycles. The number of nitrogens with zero attached hydrogens (tertiary/aromatic N) is 3. The highest BCUT2D eigenvalue weighted by Gasteiger charge is 2.29. The molecule has 6 nitrogen and oxygen atoms in total. The highest BCUT2D eigenvalue weighted by molar-refractivity contribution is 9.11. The number of nitrogens with one attached hydrogen (secondary N) is 1. The van der Waals surface area contributed by atoms with Crippen molar-refractivity contribution in [2.24, 2.45) is 0 Å². The Morgan fingerprint density at radius 3 is 3.10 bits per heavy atom. The summed E-state index contributed by atoms with van der Waals surface area (Å²) in [7, 11) is 1.36. The van der Waals surface area contributed by atoms with Crippen LogP contribution in [0.2, 0.25) is 0 Å². The molecule has 0 spiro atoms. The average molecular weight is 371 g/mol. The summed E-state index contributed by atoms with van der Waals surface area (Å²) in [5.74, 6) is -0.433. The molecule has 21 heavy (non-hydrogen) atoms. The number of carbonyl (C=O) groups is 1. The molecule has 1 unspecified atom stereocenters. The zero-order valence-electron chi connectivity index (χ0n) is 11.5. The van der Waals surface area contributed by atoms with Crippen molar-refractivity contribution in [3.8, 4) is 0 Å². The van der Waals surface area contributed by atoms with Crippen molar-refractivity contribution in [1.29, 1.82) is 0 Å². The van der Waals surface area contributed by atoms with Crippen LogP contribution < -0.4 is 5.32 Å². The third kappa shape index (κ3) is 3.02. The number of methoxy groups -OCH3 is 1. The van der Waals surface area contributed by atoms with E-state index in [0.717, 1.165) is 33.7 Å². The predicted octanol–water partition coefficient (Wildman–Crippen LogP) is 2.36. The van der Waals surface area contributed by atoms with Gasteiger partial charge in [-0.3, -0.25) is 0 Å². The standard InChI is InChI=1S/C13H15BrN4O2S/c1-20-13(19)11-12(9-3-2-6-15-9)18(17-16-11)7-8-4-5-10(14)21-8/h4-5,9,15H,2-3,6-7H2,1H3. The van der Waals surface area contributed by atoms with Gasteiger partial charge in [0.1, 0.15) is 0 Å². The molecule has 3 rings (SSSR count). The van der Waals surface area contributed by atoms with Crippen LogP contribution in [0.15, 0.2) is 15.9 Å². The summed E-state index contributed by atoms with van der Waals surface area (Å²) >= 11 is 5.11. The Balaban J connectivity index is 1.95. The number of hydrogen-bond acceptors (Lipinski definition) is 6. The van der Waals surface area contributed by atoms with E-state index in [0.29, 0.717) is 12.2 Å². The second-order valence-corrected chi connectivity index (χ2v) is 7.37. The Bertz CT molecular complexity index is 648. The topological polar surface area (TPSA) is 69.0 Å². The van der Waals surface area contributed by atoms with Crippen molar-refractivity contribution < 1.29 is 9.53 Å². The van der Waals surface area contributed by atoms with Gasteiger partial charge in [0, 0.05) is 4.88 Å². The van der Waals surface area contributed by atoms with Crippen LogP contribution in [-0.4, -0.2) is 34.6 Å². The zero-order valence-corrected chi connectivity index (χ0v) is 13.9. The molecule has 1 aliphatic heterocycles. The average Bonchev–Trinajstić information content (AvgIpc) is 3.19. The van der Waals surface area contributed by atoms with Crippen LogP contribution in [0.25, 0.3) is 0 Å². The van der Waals surface area contributed by atoms with Crippen molar-refractivity contribution in [3.63, 3.8) is 0 Å². The number of esters is 1. The summed E-state index contributed by atoms with van der Waals surface area (Å²) in [5, 5.41) is 11.6. The van der Waals surface area contributed by atoms with Crippen LogP contribution in [0.1, 0.15) is 39.9 Å². The van der Waals surface area contributed by atoms with E-state index in [9.17, 15) is 4.79 Å². The molecule has 112 valence electrons. The zero-order chi connectivity index (χ0) is 14.8. The number of carbonyl (C=O) groups excluding carboxylic acids is 1. The molecule has 2 aromatic rings. The molecule has 0 radical (unpaired) electrons. The van der Waals surface area contributed by atoms with E-state index in [2.05, 4.69) is 31.6 Å². The Labute approximate surface area is 134 Å². The molecular weight excluding hydrogens is 356 g/mol. The van der Waals surface area contributed by atoms with Gasteiger partial charge in [0.25, 0.3) is 0 Å². The Hall–Kier alpha value is -1.25. The van der Waals surface area contributed by atoms with E-state index in [1.807, 2.05) is 12.1 Å². The van der Waals surface area contributed by atoms with Gasteiger partial charge < -0.3 is 10.1 Å². The first kappa shape index (κ1) is 14.7. The fourth-order valence-electron chi connectivity index (χ4n) is 2.53. The summed E-state index contributed by atoms with van der Waals surface area (Å²) in [6.07, 6.45) is 2.06. The van der Waals surface area contributed by atoms with E-state index in [1.165, 1.54) is 7.11 Å². The molecule has 0 bridgehead atoms. The molecule has 1 aliphatic rings. The van der Waals surface area contributed by atoms with Gasteiger partial charge in [-0.25, -0.2) is 9.48 Å². The second-order valence-electron chi connectivity index (χ2n) is 4.83. The summed E-state index contributed by atoms with van der Waals surface area (Å²) < 4.78 is 7.69. The first-order valence-electron chi connectivity index (χ1n) is 6.68. The molecule has 0 saturated carbocycles. The smallest absolute Gasteiger partial charge is 0.360 e. The van der Waals surface area contributed by atoms with Gasteiger partial charge in [-0.05, 0) is 47.4 Å². The fraction of sp³-hybridized carbons (Fsp3) is 0.462. The molecule has 0 aromatic carbocycles. The lowest BCUT2D eigenvalue weighted by atomic mass is 10.1. The number of aromatic nitrogens is 3. The normalized spacial score (nSPS) is 18.1. The largest absolute Gasteiger partial charge is 0.464 e. The summed E-state index contributed by atoms with van der Waals surface area (Å²) in [5.41, 5.74) is 1.14. The number of halogens is 1. The molecule has 1 fully saturated rings. The monoisotopic (exact) mass is 370 g/mol. The highest BCUT2D eigenvalue weighted by atomic mass is 79.9. The van der Waals surface area contributed by atoms with Crippen LogP contribution in [0.5, 0.6) is 0 Å². The van der Waals surface area contributed by atoms with Gasteiger partial charge in [-0.15, -0.1) is 16.4 Å². The maximum atomic E-state index is 11.9. The molecule has 1 N–H and O–H groups in total. The minimum absolute atomic E-state index is 0.109. The third-order valence-corrected chi connectivity index (χ3v) is 5.09. The van der Waals surface area contributed by atoms with Gasteiger partial charge in [0.2, 0.25) is 0 Å². The lowest BCUT2D eigenvalue weighted by Gasteiger charge is -2.13. The molecule has 3 heterocycles. The highest BCUT2D eigenvalue weighted by Crippen LogP contribution is 2.28. The van der Waals surface area contributed by atoms with E-state index >= 15 is 0 Å². The lowest BCUT2D eigenvalue weighted by Crippen LogP contribution is -2.21. The molecule has 1 saturated heterocycles. The minimum Gasteiger partial charge on any atom is -0.464 e. The van der Waals surface area contributed by atoms with Gasteiger partial charge in [-0.2, -0.15) is 0 Å². The predicted molar refractivity (Wildman–Crippen MR) is 82.5 cm³/mol. The van der Waals surface area contributed by atoms with Gasteiger partial charge in [0.15, 0.2) is 5.69 Å². The van der Waals surface area contributed by atoms with Crippen LogP contribution in [-0.2, 0) is 11.3 Å². The second kappa shape index (κ2) is 6.25. The third-order valence-electron chi connectivity index (χ3n) is 3.48.